The van der Waals surface area contributed by atoms with Gasteiger partial charge in [-0.3, -0.25) is 9.59 Å². The van der Waals surface area contributed by atoms with E-state index in [0.717, 1.165) is 25.0 Å². The van der Waals surface area contributed by atoms with E-state index in [1.807, 2.05) is 0 Å². The Morgan fingerprint density at radius 1 is 1.00 bits per heavy atom. The average Bonchev–Trinajstić information content (AvgIpc) is 3.00. The summed E-state index contributed by atoms with van der Waals surface area (Å²) in [6.45, 7) is 1.31. The summed E-state index contributed by atoms with van der Waals surface area (Å²) in [5, 5.41) is 0. The van der Waals surface area contributed by atoms with E-state index in [1.165, 1.54) is 11.0 Å². The van der Waals surface area contributed by atoms with Crippen molar-refractivity contribution in [2.24, 2.45) is 11.7 Å². The highest BCUT2D eigenvalue weighted by Crippen LogP contribution is 2.26. The van der Waals surface area contributed by atoms with Crippen LogP contribution in [-0.4, -0.2) is 53.8 Å². The molecule has 0 aromatic heterocycles. The maximum atomic E-state index is 13.7. The first kappa shape index (κ1) is 19.6. The molecule has 1 aromatic rings. The molecule has 2 aliphatic rings. The first-order chi connectivity index (χ1) is 11.5. The molecule has 2 atom stereocenters. The third-order valence-electron chi connectivity index (χ3n) is 4.88. The zero-order valence-electron chi connectivity index (χ0n) is 13.8. The summed E-state index contributed by atoms with van der Waals surface area (Å²) in [4.78, 5) is 27.9. The molecule has 1 saturated heterocycles. The van der Waals surface area contributed by atoms with Gasteiger partial charge in [0, 0.05) is 38.1 Å². The second-order valence-electron chi connectivity index (χ2n) is 6.48. The van der Waals surface area contributed by atoms with Crippen molar-refractivity contribution >= 4 is 24.2 Å². The van der Waals surface area contributed by atoms with Crippen molar-refractivity contribution in [2.75, 3.05) is 26.2 Å². The topological polar surface area (TPSA) is 66.6 Å². The lowest BCUT2D eigenvalue weighted by atomic mass is 10.1. The Kier molecular flexibility index (Phi) is 6.35. The lowest BCUT2D eigenvalue weighted by molar-refractivity contribution is -0.136. The summed E-state index contributed by atoms with van der Waals surface area (Å²) in [6.07, 6.45) is 2.37. The molecular weight excluding hydrogens is 352 g/mol. The Balaban J connectivity index is 0.00000225. The van der Waals surface area contributed by atoms with Gasteiger partial charge in [0.15, 0.2) is 0 Å². The molecule has 138 valence electrons. The average molecular weight is 374 g/mol. The molecule has 1 saturated carbocycles. The van der Waals surface area contributed by atoms with E-state index in [-0.39, 0.29) is 43.4 Å². The minimum atomic E-state index is -0.863. The molecule has 2 amide bonds. The van der Waals surface area contributed by atoms with E-state index < -0.39 is 23.1 Å². The van der Waals surface area contributed by atoms with Crippen LogP contribution < -0.4 is 5.73 Å². The van der Waals surface area contributed by atoms with E-state index in [0.29, 0.717) is 19.5 Å². The molecule has 1 aliphatic carbocycles. The summed E-state index contributed by atoms with van der Waals surface area (Å²) < 4.78 is 27.5. The zero-order chi connectivity index (χ0) is 17.3. The summed E-state index contributed by atoms with van der Waals surface area (Å²) in [5.74, 6) is -2.35. The first-order valence-electron chi connectivity index (χ1n) is 8.25. The third kappa shape index (κ3) is 4.10. The fourth-order valence-corrected chi connectivity index (χ4v) is 3.49. The number of halogens is 3. The van der Waals surface area contributed by atoms with E-state index in [1.54, 1.807) is 4.90 Å². The fourth-order valence-electron chi connectivity index (χ4n) is 3.49. The number of amides is 2. The van der Waals surface area contributed by atoms with E-state index in [9.17, 15) is 18.4 Å². The van der Waals surface area contributed by atoms with Gasteiger partial charge in [-0.25, -0.2) is 8.78 Å². The van der Waals surface area contributed by atoms with Gasteiger partial charge in [0.1, 0.15) is 17.2 Å². The van der Waals surface area contributed by atoms with Gasteiger partial charge >= 0.3 is 0 Å². The Labute approximate surface area is 151 Å². The Bertz CT molecular complexity index is 631. The van der Waals surface area contributed by atoms with Crippen molar-refractivity contribution in [3.05, 3.63) is 35.4 Å². The van der Waals surface area contributed by atoms with Gasteiger partial charge in [0.25, 0.3) is 5.91 Å². The van der Waals surface area contributed by atoms with Crippen LogP contribution in [0.1, 0.15) is 29.6 Å². The number of nitrogens with zero attached hydrogens (tertiary/aromatic N) is 2. The molecule has 25 heavy (non-hydrogen) atoms. The summed E-state index contributed by atoms with van der Waals surface area (Å²) >= 11 is 0. The molecule has 3 rings (SSSR count). The SMILES string of the molecule is Cl.NC1CCC(C(=O)N2CCN(C(=O)c3c(F)cccc3F)CC2)C1. The monoisotopic (exact) mass is 373 g/mol. The molecule has 2 fully saturated rings. The predicted molar refractivity (Wildman–Crippen MR) is 91.4 cm³/mol. The van der Waals surface area contributed by atoms with Gasteiger partial charge in [-0.05, 0) is 31.4 Å². The Hall–Kier alpha value is -1.73. The highest BCUT2D eigenvalue weighted by molar-refractivity contribution is 5.95. The normalized spacial score (nSPS) is 23.3. The van der Waals surface area contributed by atoms with Crippen molar-refractivity contribution in [1.29, 1.82) is 0 Å². The van der Waals surface area contributed by atoms with Crippen molar-refractivity contribution in [1.82, 2.24) is 9.80 Å². The lowest BCUT2D eigenvalue weighted by Gasteiger charge is -2.36. The van der Waals surface area contributed by atoms with Crippen molar-refractivity contribution in [3.63, 3.8) is 0 Å². The van der Waals surface area contributed by atoms with Gasteiger partial charge in [0.2, 0.25) is 5.91 Å². The third-order valence-corrected chi connectivity index (χ3v) is 4.88. The first-order valence-corrected chi connectivity index (χ1v) is 8.25. The van der Waals surface area contributed by atoms with Gasteiger partial charge in [-0.1, -0.05) is 6.07 Å². The van der Waals surface area contributed by atoms with Crippen LogP contribution >= 0.6 is 12.4 Å². The predicted octanol–water partition coefficient (Wildman–Crippen LogP) is 1.80. The molecule has 1 aliphatic heterocycles. The summed E-state index contributed by atoms with van der Waals surface area (Å²) in [7, 11) is 0. The Morgan fingerprint density at radius 3 is 2.08 bits per heavy atom. The largest absolute Gasteiger partial charge is 0.339 e. The van der Waals surface area contributed by atoms with Crippen molar-refractivity contribution < 1.29 is 18.4 Å². The van der Waals surface area contributed by atoms with Crippen LogP contribution in [0.4, 0.5) is 8.78 Å². The van der Waals surface area contributed by atoms with Crippen LogP contribution in [0.25, 0.3) is 0 Å². The van der Waals surface area contributed by atoms with E-state index in [2.05, 4.69) is 0 Å². The summed E-state index contributed by atoms with van der Waals surface area (Å²) in [6, 6.07) is 3.45. The standard InChI is InChI=1S/C17H21F2N3O2.ClH/c18-13-2-1-3-14(19)15(13)17(24)22-8-6-21(7-9-22)16(23)11-4-5-12(20)10-11;/h1-3,11-12H,4-10,20H2;1H. The molecule has 2 N–H and O–H groups in total. The molecule has 2 unspecified atom stereocenters. The minimum Gasteiger partial charge on any atom is -0.339 e. The van der Waals surface area contributed by atoms with Gasteiger partial charge < -0.3 is 15.5 Å². The maximum absolute atomic E-state index is 13.7. The number of nitrogens with two attached hydrogens (primary N) is 1. The zero-order valence-corrected chi connectivity index (χ0v) is 14.6. The quantitative estimate of drug-likeness (QED) is 0.859. The molecule has 0 radical (unpaired) electrons. The lowest BCUT2D eigenvalue weighted by Crippen LogP contribution is -2.52. The Morgan fingerprint density at radius 2 is 1.56 bits per heavy atom. The molecule has 0 bridgehead atoms. The fraction of sp³-hybridized carbons (Fsp3) is 0.529. The van der Waals surface area contributed by atoms with Gasteiger partial charge in [-0.2, -0.15) is 0 Å². The maximum Gasteiger partial charge on any atom is 0.259 e. The molecular formula is C17H22ClF2N3O2. The highest BCUT2D eigenvalue weighted by Gasteiger charge is 2.34. The summed E-state index contributed by atoms with van der Waals surface area (Å²) in [5.41, 5.74) is 5.32. The smallest absolute Gasteiger partial charge is 0.259 e. The van der Waals surface area contributed by atoms with Crippen LogP contribution in [0.15, 0.2) is 18.2 Å². The number of hydrogen-bond donors (Lipinski definition) is 1. The number of benzene rings is 1. The molecule has 5 nitrogen and oxygen atoms in total. The van der Waals surface area contributed by atoms with Crippen LogP contribution in [0.2, 0.25) is 0 Å². The van der Waals surface area contributed by atoms with Crippen molar-refractivity contribution in [3.8, 4) is 0 Å². The number of carbonyl (C=O) groups is 2. The van der Waals surface area contributed by atoms with E-state index in [4.69, 9.17) is 5.73 Å². The second kappa shape index (κ2) is 8.10. The second-order valence-corrected chi connectivity index (χ2v) is 6.48. The van der Waals surface area contributed by atoms with Crippen LogP contribution in [0, 0.1) is 17.6 Å². The van der Waals surface area contributed by atoms with Crippen LogP contribution in [0.3, 0.4) is 0 Å². The molecule has 1 heterocycles. The number of hydrogen-bond acceptors (Lipinski definition) is 3. The molecule has 8 heteroatoms. The van der Waals surface area contributed by atoms with Crippen molar-refractivity contribution in [2.45, 2.75) is 25.3 Å². The van der Waals surface area contributed by atoms with Gasteiger partial charge in [0.05, 0.1) is 0 Å². The van der Waals surface area contributed by atoms with Crippen LogP contribution in [-0.2, 0) is 4.79 Å². The minimum absolute atomic E-state index is 0. The number of rotatable bonds is 2. The van der Waals surface area contributed by atoms with Crippen LogP contribution in [0.5, 0.6) is 0 Å². The van der Waals surface area contributed by atoms with Gasteiger partial charge in [-0.15, -0.1) is 12.4 Å². The number of carbonyl (C=O) groups excluding carboxylic acids is 2. The number of piperazine rings is 1. The molecule has 0 spiro atoms. The highest BCUT2D eigenvalue weighted by atomic mass is 35.5. The van der Waals surface area contributed by atoms with E-state index >= 15 is 0 Å². The molecule has 1 aromatic carbocycles.